The fraction of sp³-hybridized carbons (Fsp3) is 0.571. The third-order valence-corrected chi connectivity index (χ3v) is 10.1. The Kier molecular flexibility index (Phi) is 8.43. The second-order valence-electron chi connectivity index (χ2n) is 10.5. The predicted molar refractivity (Wildman–Crippen MR) is 149 cm³/mol. The Bertz CT molecular complexity index is 1160. The highest BCUT2D eigenvalue weighted by Crippen LogP contribution is 2.53. The van der Waals surface area contributed by atoms with Crippen LogP contribution in [0.15, 0.2) is 42.5 Å². The first kappa shape index (κ1) is 26.9. The molecule has 2 aromatic rings. The number of benzene rings is 2. The summed E-state index contributed by atoms with van der Waals surface area (Å²) in [6.07, 6.45) is 5.59. The zero-order valence-electron chi connectivity index (χ0n) is 21.7. The predicted octanol–water partition coefficient (Wildman–Crippen LogP) is 3.89. The van der Waals surface area contributed by atoms with Gasteiger partial charge in [-0.25, -0.2) is 0 Å². The van der Waals surface area contributed by atoms with Gasteiger partial charge in [-0.15, -0.1) is 0 Å². The maximum absolute atomic E-state index is 12.7. The van der Waals surface area contributed by atoms with Crippen molar-refractivity contribution in [1.82, 2.24) is 19.2 Å². The fourth-order valence-corrected chi connectivity index (χ4v) is 7.43. The minimum atomic E-state index is -3.49. The molecule has 1 atom stereocenters. The van der Waals surface area contributed by atoms with Crippen LogP contribution in [0.4, 0.5) is 0 Å². The Balaban J connectivity index is 1.21. The van der Waals surface area contributed by atoms with Gasteiger partial charge in [-0.3, -0.25) is 0 Å². The third kappa shape index (κ3) is 5.84. The van der Waals surface area contributed by atoms with Crippen molar-refractivity contribution in [3.63, 3.8) is 0 Å². The van der Waals surface area contributed by atoms with E-state index in [9.17, 15) is 8.42 Å². The molecule has 2 fully saturated rings. The molecule has 1 unspecified atom stereocenters. The molecule has 1 saturated heterocycles. The van der Waals surface area contributed by atoms with Gasteiger partial charge < -0.3 is 15.0 Å². The summed E-state index contributed by atoms with van der Waals surface area (Å²) < 4.78 is 35.8. The van der Waals surface area contributed by atoms with Gasteiger partial charge in [-0.1, -0.05) is 43.1 Å². The summed E-state index contributed by atoms with van der Waals surface area (Å²) in [5.74, 6) is 0.783. The number of rotatable bonds is 10. The van der Waals surface area contributed by atoms with E-state index in [1.165, 1.54) is 23.1 Å². The quantitative estimate of drug-likeness (QED) is 0.442. The van der Waals surface area contributed by atoms with Crippen LogP contribution in [0.3, 0.4) is 0 Å². The molecule has 0 amide bonds. The Hall–Kier alpha value is -1.68. The van der Waals surface area contributed by atoms with Crippen LogP contribution in [0.25, 0.3) is 0 Å². The first-order valence-electron chi connectivity index (χ1n) is 13.6. The molecule has 1 saturated carbocycles. The highest BCUT2D eigenvalue weighted by molar-refractivity contribution is 7.87. The number of fused-ring (bicyclic) bond motifs is 1. The maximum atomic E-state index is 12.7. The largest absolute Gasteiger partial charge is 0.492 e. The van der Waals surface area contributed by atoms with Crippen LogP contribution in [-0.4, -0.2) is 70.0 Å². The number of hydrogen-bond donors (Lipinski definition) is 2. The normalized spacial score (nSPS) is 22.3. The molecule has 3 aliphatic rings. The molecule has 7 nitrogen and oxygen atoms in total. The summed E-state index contributed by atoms with van der Waals surface area (Å²) >= 11 is 6.18. The average molecular weight is 547 g/mol. The van der Waals surface area contributed by atoms with E-state index >= 15 is 0 Å². The number of hydrogen-bond acceptors (Lipinski definition) is 5. The first-order valence-corrected chi connectivity index (χ1v) is 15.5. The lowest BCUT2D eigenvalue weighted by Crippen LogP contribution is -2.52. The van der Waals surface area contributed by atoms with E-state index in [4.69, 9.17) is 16.3 Å². The van der Waals surface area contributed by atoms with Gasteiger partial charge in [0.1, 0.15) is 12.4 Å². The van der Waals surface area contributed by atoms with Crippen molar-refractivity contribution in [2.24, 2.45) is 0 Å². The van der Waals surface area contributed by atoms with Crippen LogP contribution in [0.1, 0.15) is 55.3 Å². The van der Waals surface area contributed by atoms with Gasteiger partial charge in [-0.05, 0) is 79.7 Å². The summed E-state index contributed by atoms with van der Waals surface area (Å²) in [7, 11) is -3.49. The number of nitrogens with one attached hydrogen (secondary N) is 2. The molecule has 0 radical (unpaired) electrons. The molecule has 2 N–H and O–H groups in total. The maximum Gasteiger partial charge on any atom is 0.279 e. The van der Waals surface area contributed by atoms with Crippen LogP contribution < -0.4 is 14.8 Å². The van der Waals surface area contributed by atoms with Gasteiger partial charge >= 0.3 is 0 Å². The van der Waals surface area contributed by atoms with Crippen molar-refractivity contribution in [2.45, 2.75) is 50.5 Å². The summed E-state index contributed by atoms with van der Waals surface area (Å²) in [5.41, 5.74) is 4.06. The van der Waals surface area contributed by atoms with Crippen LogP contribution in [-0.2, 0) is 22.0 Å². The molecule has 5 rings (SSSR count). The Labute approximate surface area is 226 Å². The van der Waals surface area contributed by atoms with E-state index in [1.807, 2.05) is 18.2 Å². The van der Waals surface area contributed by atoms with Gasteiger partial charge in [0.2, 0.25) is 0 Å². The van der Waals surface area contributed by atoms with Gasteiger partial charge in [-0.2, -0.15) is 17.4 Å². The van der Waals surface area contributed by atoms with Crippen molar-refractivity contribution < 1.29 is 13.2 Å². The fourth-order valence-electron chi connectivity index (χ4n) is 6.14. The van der Waals surface area contributed by atoms with Crippen LogP contribution in [0.5, 0.6) is 5.75 Å². The molecule has 0 spiro atoms. The van der Waals surface area contributed by atoms with E-state index in [-0.39, 0.29) is 24.6 Å². The van der Waals surface area contributed by atoms with Gasteiger partial charge in [0.25, 0.3) is 10.2 Å². The Morgan fingerprint density at radius 1 is 1.11 bits per heavy atom. The first-order chi connectivity index (χ1) is 17.9. The monoisotopic (exact) mass is 546 g/mol. The second-order valence-corrected chi connectivity index (χ2v) is 12.7. The molecular weight excluding hydrogens is 508 g/mol. The standard InChI is InChI=1S/C28H39ClN4O3S/c1-2-15-32-16-18-33(19-17-32)37(34,35)31-14-20-36-25-9-4-22-10-13-30-27(26(22)21-25)28(11-3-12-28)23-5-7-24(29)8-6-23/h4-9,21,27,30-31H,2-3,10-20H2,1H3. The zero-order chi connectivity index (χ0) is 25.9. The van der Waals surface area contributed by atoms with Gasteiger partial charge in [0, 0.05) is 49.2 Å². The third-order valence-electron chi connectivity index (χ3n) is 8.25. The van der Waals surface area contributed by atoms with E-state index in [0.29, 0.717) is 13.1 Å². The summed E-state index contributed by atoms with van der Waals surface area (Å²) in [4.78, 5) is 2.31. The van der Waals surface area contributed by atoms with Gasteiger partial charge in [0.15, 0.2) is 0 Å². The van der Waals surface area contributed by atoms with Crippen LogP contribution in [0.2, 0.25) is 5.02 Å². The number of nitrogens with zero attached hydrogens (tertiary/aromatic N) is 2. The van der Waals surface area contributed by atoms with Crippen molar-refractivity contribution in [3.05, 3.63) is 64.2 Å². The van der Waals surface area contributed by atoms with Crippen LogP contribution >= 0.6 is 11.6 Å². The average Bonchev–Trinajstić information content (AvgIpc) is 2.88. The van der Waals surface area contributed by atoms with Crippen molar-refractivity contribution >= 4 is 21.8 Å². The molecule has 2 aromatic carbocycles. The van der Waals surface area contributed by atoms with Crippen molar-refractivity contribution in [3.8, 4) is 5.75 Å². The molecule has 0 aromatic heterocycles. The van der Waals surface area contributed by atoms with Crippen molar-refractivity contribution in [1.29, 1.82) is 0 Å². The number of halogens is 1. The van der Waals surface area contributed by atoms with E-state index in [2.05, 4.69) is 46.1 Å². The summed E-state index contributed by atoms with van der Waals surface area (Å²) in [6.45, 7) is 7.29. The molecule has 2 heterocycles. The molecule has 202 valence electrons. The lowest BCUT2D eigenvalue weighted by atomic mass is 9.58. The lowest BCUT2D eigenvalue weighted by molar-refractivity contribution is 0.164. The highest BCUT2D eigenvalue weighted by Gasteiger charge is 2.47. The molecule has 37 heavy (non-hydrogen) atoms. The molecule has 0 bridgehead atoms. The Morgan fingerprint density at radius 3 is 2.54 bits per heavy atom. The van der Waals surface area contributed by atoms with E-state index < -0.39 is 10.2 Å². The molecule has 2 aliphatic heterocycles. The van der Waals surface area contributed by atoms with Crippen LogP contribution in [0, 0.1) is 0 Å². The topological polar surface area (TPSA) is 73.9 Å². The minimum Gasteiger partial charge on any atom is -0.492 e. The molecule has 1 aliphatic carbocycles. The summed E-state index contributed by atoms with van der Waals surface area (Å²) in [5, 5.41) is 4.57. The summed E-state index contributed by atoms with van der Waals surface area (Å²) in [6, 6.07) is 14.9. The van der Waals surface area contributed by atoms with E-state index in [0.717, 1.165) is 62.6 Å². The highest BCUT2D eigenvalue weighted by atomic mass is 35.5. The van der Waals surface area contributed by atoms with Gasteiger partial charge in [0.05, 0.1) is 0 Å². The number of ether oxygens (including phenoxy) is 1. The van der Waals surface area contributed by atoms with Crippen molar-refractivity contribution in [2.75, 3.05) is 52.4 Å². The zero-order valence-corrected chi connectivity index (χ0v) is 23.3. The SMILES string of the molecule is CCCN1CCN(S(=O)(=O)NCCOc2ccc3c(c2)C(C2(c4ccc(Cl)cc4)CCC2)NCC3)CC1. The molecule has 9 heteroatoms. The Morgan fingerprint density at radius 2 is 1.86 bits per heavy atom. The lowest BCUT2D eigenvalue weighted by Gasteiger charge is -2.50. The second kappa shape index (κ2) is 11.6. The van der Waals surface area contributed by atoms with E-state index in [1.54, 1.807) is 4.31 Å². The smallest absolute Gasteiger partial charge is 0.279 e. The number of piperazine rings is 1. The molecular formula is C28H39ClN4O3S. The minimum absolute atomic E-state index is 0.0646.